The molecule has 0 saturated carbocycles. The molecule has 31 heavy (non-hydrogen) atoms. The lowest BCUT2D eigenvalue weighted by atomic mass is 10.1. The Bertz CT molecular complexity index is 954. The van der Waals surface area contributed by atoms with Crippen molar-refractivity contribution in [3.05, 3.63) is 63.1 Å². The van der Waals surface area contributed by atoms with Crippen molar-refractivity contribution in [3.63, 3.8) is 0 Å². The first-order valence-electron chi connectivity index (χ1n) is 10.1. The van der Waals surface area contributed by atoms with Crippen LogP contribution in [0.3, 0.4) is 0 Å². The van der Waals surface area contributed by atoms with Gasteiger partial charge < -0.3 is 15.0 Å². The molecular formula is C24H30Cl2N2O3. The van der Waals surface area contributed by atoms with Crippen LogP contribution in [0.4, 0.5) is 0 Å². The van der Waals surface area contributed by atoms with Crippen molar-refractivity contribution in [2.45, 2.75) is 59.7 Å². The third-order valence-corrected chi connectivity index (χ3v) is 5.51. The van der Waals surface area contributed by atoms with Gasteiger partial charge in [-0.1, -0.05) is 41.4 Å². The molecule has 2 amide bonds. The molecule has 7 heteroatoms. The summed E-state index contributed by atoms with van der Waals surface area (Å²) in [6.45, 7) is 11.3. The minimum absolute atomic E-state index is 0.156. The van der Waals surface area contributed by atoms with Gasteiger partial charge in [0.25, 0.3) is 5.91 Å². The van der Waals surface area contributed by atoms with E-state index in [0.717, 1.165) is 11.1 Å². The Labute approximate surface area is 194 Å². The molecular weight excluding hydrogens is 435 g/mol. The second kappa shape index (κ2) is 10.4. The Balaban J connectivity index is 2.25. The topological polar surface area (TPSA) is 58.6 Å². The van der Waals surface area contributed by atoms with Gasteiger partial charge in [-0.2, -0.15) is 0 Å². The molecule has 0 radical (unpaired) electrons. The molecule has 0 saturated heterocycles. The third-order valence-electron chi connectivity index (χ3n) is 4.93. The van der Waals surface area contributed by atoms with Crippen molar-refractivity contribution in [1.82, 2.24) is 10.2 Å². The summed E-state index contributed by atoms with van der Waals surface area (Å²) in [6, 6.07) is 10.0. The number of benzene rings is 2. The number of rotatable bonds is 7. The zero-order valence-electron chi connectivity index (χ0n) is 18.9. The molecule has 168 valence electrons. The molecule has 0 aliphatic heterocycles. The zero-order chi connectivity index (χ0) is 23.3. The number of carbonyl (C=O) groups is 2. The van der Waals surface area contributed by atoms with Gasteiger partial charge in [-0.05, 0) is 76.4 Å². The van der Waals surface area contributed by atoms with Crippen LogP contribution in [-0.4, -0.2) is 34.9 Å². The van der Waals surface area contributed by atoms with E-state index in [1.807, 2.05) is 52.8 Å². The highest BCUT2D eigenvalue weighted by Crippen LogP contribution is 2.24. The Morgan fingerprint density at radius 3 is 2.42 bits per heavy atom. The molecule has 0 aromatic heterocycles. The fourth-order valence-corrected chi connectivity index (χ4v) is 3.46. The van der Waals surface area contributed by atoms with Gasteiger partial charge in [0.1, 0.15) is 11.8 Å². The van der Waals surface area contributed by atoms with E-state index in [-0.39, 0.29) is 25.0 Å². The summed E-state index contributed by atoms with van der Waals surface area (Å²) >= 11 is 12.3. The number of aryl methyl sites for hydroxylation is 1. The maximum absolute atomic E-state index is 13.2. The molecule has 0 fully saturated rings. The standard InChI is InChI=1S/C24H30Cl2N2O3/c1-15-8-7-9-21(16(15)2)31-14-22(29)28(17(3)23(30)27-24(4,5)6)13-18-10-11-19(25)12-20(18)26/h7-12,17H,13-14H2,1-6H3,(H,27,30)/t17-/m1/s1. The van der Waals surface area contributed by atoms with E-state index in [2.05, 4.69) is 5.32 Å². The summed E-state index contributed by atoms with van der Waals surface area (Å²) in [6.07, 6.45) is 0. The molecule has 0 aliphatic carbocycles. The lowest BCUT2D eigenvalue weighted by Gasteiger charge is -2.31. The predicted octanol–water partition coefficient (Wildman–Crippen LogP) is 5.32. The Morgan fingerprint density at radius 1 is 1.13 bits per heavy atom. The number of hydrogen-bond donors (Lipinski definition) is 1. The number of hydrogen-bond acceptors (Lipinski definition) is 3. The van der Waals surface area contributed by atoms with Gasteiger partial charge >= 0.3 is 0 Å². The number of ether oxygens (including phenoxy) is 1. The molecule has 0 heterocycles. The van der Waals surface area contributed by atoms with Crippen LogP contribution in [0.1, 0.15) is 44.4 Å². The number of nitrogens with zero attached hydrogens (tertiary/aromatic N) is 1. The van der Waals surface area contributed by atoms with Crippen molar-refractivity contribution >= 4 is 35.0 Å². The van der Waals surface area contributed by atoms with Gasteiger partial charge in [0, 0.05) is 22.1 Å². The monoisotopic (exact) mass is 464 g/mol. The van der Waals surface area contributed by atoms with E-state index in [1.165, 1.54) is 4.90 Å². The molecule has 0 spiro atoms. The van der Waals surface area contributed by atoms with Gasteiger partial charge in [-0.15, -0.1) is 0 Å². The highest BCUT2D eigenvalue weighted by atomic mass is 35.5. The minimum atomic E-state index is -0.722. The summed E-state index contributed by atoms with van der Waals surface area (Å²) in [5.41, 5.74) is 2.32. The first-order valence-corrected chi connectivity index (χ1v) is 10.9. The van der Waals surface area contributed by atoms with Gasteiger partial charge in [0.05, 0.1) is 0 Å². The van der Waals surface area contributed by atoms with Crippen LogP contribution in [-0.2, 0) is 16.1 Å². The second-order valence-corrected chi connectivity index (χ2v) is 9.50. The molecule has 2 rings (SSSR count). The predicted molar refractivity (Wildman–Crippen MR) is 126 cm³/mol. The van der Waals surface area contributed by atoms with Crippen LogP contribution in [0.2, 0.25) is 10.0 Å². The van der Waals surface area contributed by atoms with Crippen LogP contribution < -0.4 is 10.1 Å². The van der Waals surface area contributed by atoms with Gasteiger partial charge in [0.15, 0.2) is 6.61 Å². The SMILES string of the molecule is Cc1cccc(OCC(=O)N(Cc2ccc(Cl)cc2Cl)[C@H](C)C(=O)NC(C)(C)C)c1C. The van der Waals surface area contributed by atoms with E-state index >= 15 is 0 Å². The minimum Gasteiger partial charge on any atom is -0.483 e. The zero-order valence-corrected chi connectivity index (χ0v) is 20.4. The lowest BCUT2D eigenvalue weighted by molar-refractivity contribution is -0.142. The largest absolute Gasteiger partial charge is 0.483 e. The van der Waals surface area contributed by atoms with Crippen molar-refractivity contribution in [2.24, 2.45) is 0 Å². The quantitative estimate of drug-likeness (QED) is 0.602. The first-order chi connectivity index (χ1) is 14.4. The lowest BCUT2D eigenvalue weighted by Crippen LogP contribution is -2.53. The van der Waals surface area contributed by atoms with E-state index in [1.54, 1.807) is 25.1 Å². The summed E-state index contributed by atoms with van der Waals surface area (Å²) in [5, 5.41) is 3.86. The second-order valence-electron chi connectivity index (χ2n) is 8.66. The average molecular weight is 465 g/mol. The maximum atomic E-state index is 13.2. The third kappa shape index (κ3) is 7.15. The highest BCUT2D eigenvalue weighted by molar-refractivity contribution is 6.35. The number of carbonyl (C=O) groups excluding carboxylic acids is 2. The summed E-state index contributed by atoms with van der Waals surface area (Å²) < 4.78 is 5.80. The Morgan fingerprint density at radius 2 is 1.81 bits per heavy atom. The van der Waals surface area contributed by atoms with Crippen LogP contribution in [0, 0.1) is 13.8 Å². The van der Waals surface area contributed by atoms with Gasteiger partial charge in [0.2, 0.25) is 5.91 Å². The maximum Gasteiger partial charge on any atom is 0.261 e. The van der Waals surface area contributed by atoms with Crippen LogP contribution in [0.5, 0.6) is 5.75 Å². The molecule has 0 aliphatic rings. The number of nitrogens with one attached hydrogen (secondary N) is 1. The van der Waals surface area contributed by atoms with Crippen LogP contribution in [0.15, 0.2) is 36.4 Å². The molecule has 0 bridgehead atoms. The highest BCUT2D eigenvalue weighted by Gasteiger charge is 2.29. The molecule has 1 atom stereocenters. The van der Waals surface area contributed by atoms with Gasteiger partial charge in [-0.3, -0.25) is 9.59 Å². The average Bonchev–Trinajstić information content (AvgIpc) is 2.66. The van der Waals surface area contributed by atoms with Crippen LogP contribution in [0.25, 0.3) is 0 Å². The van der Waals surface area contributed by atoms with E-state index in [4.69, 9.17) is 27.9 Å². The first kappa shape index (κ1) is 25.0. The normalized spacial score (nSPS) is 12.3. The van der Waals surface area contributed by atoms with Crippen molar-refractivity contribution in [3.8, 4) is 5.75 Å². The molecule has 2 aromatic rings. The van der Waals surface area contributed by atoms with Crippen molar-refractivity contribution < 1.29 is 14.3 Å². The van der Waals surface area contributed by atoms with Crippen molar-refractivity contribution in [1.29, 1.82) is 0 Å². The summed E-state index contributed by atoms with van der Waals surface area (Å²) in [4.78, 5) is 27.4. The molecule has 2 aromatic carbocycles. The molecule has 1 N–H and O–H groups in total. The van der Waals surface area contributed by atoms with Crippen molar-refractivity contribution in [2.75, 3.05) is 6.61 Å². The van der Waals surface area contributed by atoms with E-state index in [9.17, 15) is 9.59 Å². The number of amides is 2. The smallest absolute Gasteiger partial charge is 0.261 e. The van der Waals surface area contributed by atoms with E-state index < -0.39 is 11.6 Å². The van der Waals surface area contributed by atoms with E-state index in [0.29, 0.717) is 21.4 Å². The molecule has 0 unspecified atom stereocenters. The number of halogens is 2. The Kier molecular flexibility index (Phi) is 8.38. The van der Waals surface area contributed by atoms with Crippen LogP contribution >= 0.6 is 23.2 Å². The molecule has 5 nitrogen and oxygen atoms in total. The fraction of sp³-hybridized carbons (Fsp3) is 0.417. The van der Waals surface area contributed by atoms with Gasteiger partial charge in [-0.25, -0.2) is 0 Å². The Hall–Kier alpha value is -2.24. The summed E-state index contributed by atoms with van der Waals surface area (Å²) in [5.74, 6) is 0.0748. The fourth-order valence-electron chi connectivity index (χ4n) is 2.99. The summed E-state index contributed by atoms with van der Waals surface area (Å²) in [7, 11) is 0.